The Bertz CT molecular complexity index is 240. The van der Waals surface area contributed by atoms with Gasteiger partial charge in [0.2, 0.25) is 0 Å². The summed E-state index contributed by atoms with van der Waals surface area (Å²) in [7, 11) is 0. The second-order valence-corrected chi connectivity index (χ2v) is 7.85. The largest absolute Gasteiger partial charge is 0.313 e. The second kappa shape index (κ2) is 6.38. The van der Waals surface area contributed by atoms with E-state index in [1.807, 2.05) is 0 Å². The second-order valence-electron chi connectivity index (χ2n) is 7.85. The van der Waals surface area contributed by atoms with Gasteiger partial charge in [-0.1, -0.05) is 41.5 Å². The van der Waals surface area contributed by atoms with Crippen molar-refractivity contribution in [2.75, 3.05) is 26.2 Å². The van der Waals surface area contributed by atoms with Gasteiger partial charge in [0.05, 0.1) is 0 Å². The van der Waals surface area contributed by atoms with Crippen LogP contribution in [-0.4, -0.2) is 37.1 Å². The van der Waals surface area contributed by atoms with E-state index in [-0.39, 0.29) is 0 Å². The number of hydrogen-bond donors (Lipinski definition) is 1. The molecule has 1 saturated heterocycles. The molecule has 1 aliphatic heterocycles. The van der Waals surface area contributed by atoms with Crippen LogP contribution in [0.25, 0.3) is 0 Å². The van der Waals surface area contributed by atoms with E-state index in [0.29, 0.717) is 16.9 Å². The Kier molecular flexibility index (Phi) is 5.67. The summed E-state index contributed by atoms with van der Waals surface area (Å²) < 4.78 is 0. The summed E-state index contributed by atoms with van der Waals surface area (Å²) in [6.07, 6.45) is 3.86. The van der Waals surface area contributed by atoms with Gasteiger partial charge in [0.1, 0.15) is 0 Å². The van der Waals surface area contributed by atoms with Crippen LogP contribution < -0.4 is 5.32 Å². The SMILES string of the molecule is CCCNC(CCN1CCC(C)(C)C1)C(C)(C)C. The van der Waals surface area contributed by atoms with E-state index in [1.165, 1.54) is 38.9 Å². The van der Waals surface area contributed by atoms with Crippen LogP contribution in [0.2, 0.25) is 0 Å². The van der Waals surface area contributed by atoms with Crippen molar-refractivity contribution in [1.82, 2.24) is 10.2 Å². The highest BCUT2D eigenvalue weighted by Crippen LogP contribution is 2.29. The molecule has 1 unspecified atom stereocenters. The van der Waals surface area contributed by atoms with Gasteiger partial charge >= 0.3 is 0 Å². The Balaban J connectivity index is 2.38. The molecule has 18 heavy (non-hydrogen) atoms. The van der Waals surface area contributed by atoms with Crippen LogP contribution in [0.15, 0.2) is 0 Å². The highest BCUT2D eigenvalue weighted by molar-refractivity contribution is 4.86. The molecular weight excluding hydrogens is 220 g/mol. The highest BCUT2D eigenvalue weighted by Gasteiger charge is 2.30. The Morgan fingerprint density at radius 2 is 1.94 bits per heavy atom. The first-order valence-electron chi connectivity index (χ1n) is 7.70. The van der Waals surface area contributed by atoms with Crippen LogP contribution in [0.4, 0.5) is 0 Å². The van der Waals surface area contributed by atoms with Gasteiger partial charge in [-0.3, -0.25) is 0 Å². The summed E-state index contributed by atoms with van der Waals surface area (Å²) in [6, 6.07) is 0.640. The van der Waals surface area contributed by atoms with E-state index in [0.717, 1.165) is 6.54 Å². The monoisotopic (exact) mass is 254 g/mol. The quantitative estimate of drug-likeness (QED) is 0.780. The number of hydrogen-bond acceptors (Lipinski definition) is 2. The summed E-state index contributed by atoms with van der Waals surface area (Å²) in [6.45, 7) is 19.1. The van der Waals surface area contributed by atoms with Gasteiger partial charge in [0, 0.05) is 12.6 Å². The van der Waals surface area contributed by atoms with Gasteiger partial charge in [-0.2, -0.15) is 0 Å². The molecule has 1 aliphatic rings. The lowest BCUT2D eigenvalue weighted by Crippen LogP contribution is -2.43. The molecule has 0 bridgehead atoms. The molecular formula is C16H34N2. The van der Waals surface area contributed by atoms with Crippen molar-refractivity contribution in [3.8, 4) is 0 Å². The van der Waals surface area contributed by atoms with Crippen LogP contribution in [0.5, 0.6) is 0 Å². The normalized spacial score (nSPS) is 22.3. The van der Waals surface area contributed by atoms with E-state index >= 15 is 0 Å². The van der Waals surface area contributed by atoms with Crippen molar-refractivity contribution >= 4 is 0 Å². The first-order valence-corrected chi connectivity index (χ1v) is 7.70. The molecule has 2 nitrogen and oxygen atoms in total. The van der Waals surface area contributed by atoms with Crippen LogP contribution in [0.1, 0.15) is 60.8 Å². The van der Waals surface area contributed by atoms with Gasteiger partial charge in [-0.25, -0.2) is 0 Å². The zero-order valence-corrected chi connectivity index (χ0v) is 13.5. The fourth-order valence-electron chi connectivity index (χ4n) is 2.89. The zero-order chi connectivity index (χ0) is 13.8. The minimum Gasteiger partial charge on any atom is -0.313 e. The van der Waals surface area contributed by atoms with Gasteiger partial charge in [0.15, 0.2) is 0 Å². The lowest BCUT2D eigenvalue weighted by molar-refractivity contribution is 0.213. The molecule has 0 spiro atoms. The van der Waals surface area contributed by atoms with Gasteiger partial charge in [-0.15, -0.1) is 0 Å². The van der Waals surface area contributed by atoms with Crippen LogP contribution in [0.3, 0.4) is 0 Å². The smallest absolute Gasteiger partial charge is 0.0128 e. The lowest BCUT2D eigenvalue weighted by atomic mass is 9.84. The number of nitrogens with one attached hydrogen (secondary N) is 1. The lowest BCUT2D eigenvalue weighted by Gasteiger charge is -2.33. The van der Waals surface area contributed by atoms with Crippen molar-refractivity contribution in [2.45, 2.75) is 66.8 Å². The van der Waals surface area contributed by atoms with Crippen molar-refractivity contribution in [3.05, 3.63) is 0 Å². The first kappa shape index (κ1) is 16.0. The topological polar surface area (TPSA) is 15.3 Å². The van der Waals surface area contributed by atoms with E-state index in [1.54, 1.807) is 0 Å². The summed E-state index contributed by atoms with van der Waals surface area (Å²) >= 11 is 0. The van der Waals surface area contributed by atoms with Crippen molar-refractivity contribution in [1.29, 1.82) is 0 Å². The third-order valence-electron chi connectivity index (χ3n) is 4.18. The van der Waals surface area contributed by atoms with Crippen molar-refractivity contribution < 1.29 is 0 Å². The van der Waals surface area contributed by atoms with Gasteiger partial charge in [-0.05, 0) is 49.7 Å². The molecule has 1 heterocycles. The Labute approximate surface area is 115 Å². The third kappa shape index (κ3) is 5.27. The van der Waals surface area contributed by atoms with E-state index in [9.17, 15) is 0 Å². The molecule has 1 fully saturated rings. The maximum atomic E-state index is 3.73. The Morgan fingerprint density at radius 3 is 2.39 bits per heavy atom. The Hall–Kier alpha value is -0.0800. The summed E-state index contributed by atoms with van der Waals surface area (Å²) in [5.41, 5.74) is 0.901. The summed E-state index contributed by atoms with van der Waals surface area (Å²) in [5, 5.41) is 3.73. The fraction of sp³-hybridized carbons (Fsp3) is 1.00. The molecule has 1 atom stereocenters. The predicted molar refractivity (Wildman–Crippen MR) is 81.0 cm³/mol. The van der Waals surface area contributed by atoms with Crippen LogP contribution in [0, 0.1) is 10.8 Å². The third-order valence-corrected chi connectivity index (χ3v) is 4.18. The molecule has 0 aromatic heterocycles. The zero-order valence-electron chi connectivity index (χ0n) is 13.5. The van der Waals surface area contributed by atoms with Gasteiger partial charge in [0.25, 0.3) is 0 Å². The number of nitrogens with zero attached hydrogens (tertiary/aromatic N) is 1. The Morgan fingerprint density at radius 1 is 1.28 bits per heavy atom. The average molecular weight is 254 g/mol. The van der Waals surface area contributed by atoms with E-state index in [2.05, 4.69) is 51.8 Å². The molecule has 1 N–H and O–H groups in total. The summed E-state index contributed by atoms with van der Waals surface area (Å²) in [4.78, 5) is 2.65. The molecule has 0 aromatic carbocycles. The molecule has 0 saturated carbocycles. The minimum absolute atomic E-state index is 0.365. The molecule has 0 aromatic rings. The highest BCUT2D eigenvalue weighted by atomic mass is 15.2. The molecule has 0 aliphatic carbocycles. The minimum atomic E-state index is 0.365. The molecule has 0 radical (unpaired) electrons. The standard InChI is InChI=1S/C16H34N2/c1-7-10-17-14(15(2,3)4)8-11-18-12-9-16(5,6)13-18/h14,17H,7-13H2,1-6H3. The first-order chi connectivity index (χ1) is 8.24. The average Bonchev–Trinajstić information content (AvgIpc) is 2.56. The van der Waals surface area contributed by atoms with E-state index in [4.69, 9.17) is 0 Å². The number of rotatable bonds is 6. The van der Waals surface area contributed by atoms with Crippen LogP contribution >= 0.6 is 0 Å². The molecule has 1 rings (SSSR count). The van der Waals surface area contributed by atoms with Crippen LogP contribution in [-0.2, 0) is 0 Å². The maximum absolute atomic E-state index is 3.73. The van der Waals surface area contributed by atoms with E-state index < -0.39 is 0 Å². The maximum Gasteiger partial charge on any atom is 0.0128 e. The molecule has 2 heteroatoms. The fourth-order valence-corrected chi connectivity index (χ4v) is 2.89. The molecule has 0 amide bonds. The van der Waals surface area contributed by atoms with Gasteiger partial charge < -0.3 is 10.2 Å². The molecule has 108 valence electrons. The number of likely N-dealkylation sites (tertiary alicyclic amines) is 1. The van der Waals surface area contributed by atoms with Crippen molar-refractivity contribution in [2.24, 2.45) is 10.8 Å². The summed E-state index contributed by atoms with van der Waals surface area (Å²) in [5.74, 6) is 0. The predicted octanol–water partition coefficient (Wildman–Crippen LogP) is 3.52. The van der Waals surface area contributed by atoms with Crippen molar-refractivity contribution in [3.63, 3.8) is 0 Å².